The summed E-state index contributed by atoms with van der Waals surface area (Å²) in [5.74, 6) is 1.25. The Morgan fingerprint density at radius 1 is 1.07 bits per heavy atom. The van der Waals surface area contributed by atoms with Gasteiger partial charge in [-0.1, -0.05) is 18.2 Å². The van der Waals surface area contributed by atoms with Crippen LogP contribution in [0.3, 0.4) is 0 Å². The van der Waals surface area contributed by atoms with Crippen molar-refractivity contribution < 1.29 is 9.47 Å². The molecule has 0 fully saturated rings. The van der Waals surface area contributed by atoms with Crippen molar-refractivity contribution in [2.24, 2.45) is 5.10 Å². The van der Waals surface area contributed by atoms with E-state index in [2.05, 4.69) is 15.2 Å². The third-order valence-electron chi connectivity index (χ3n) is 4.23. The SMILES string of the molecule is COc1ccc(/C=N\n2cnc3c(cnn3-c3ccccc3)c2=O)c(OC)c1. The van der Waals surface area contributed by atoms with Gasteiger partial charge >= 0.3 is 0 Å². The average Bonchev–Trinajstić information content (AvgIpc) is 3.19. The standard InChI is InChI=1S/C20H17N5O3/c1-27-16-9-8-14(18(10-16)28-2)11-22-24-13-21-19-17(20(24)26)12-23-25(19)15-6-4-3-5-7-15/h3-13H,1-2H3/b22-11-. The third kappa shape index (κ3) is 3.11. The molecule has 0 aliphatic heterocycles. The number of methoxy groups -OCH3 is 2. The molecule has 0 radical (unpaired) electrons. The minimum atomic E-state index is -0.309. The lowest BCUT2D eigenvalue weighted by molar-refractivity contribution is 0.394. The highest BCUT2D eigenvalue weighted by Gasteiger charge is 2.11. The van der Waals surface area contributed by atoms with Crippen molar-refractivity contribution in [2.75, 3.05) is 14.2 Å². The molecule has 0 amide bonds. The van der Waals surface area contributed by atoms with Crippen LogP contribution in [0.1, 0.15) is 5.56 Å². The molecule has 28 heavy (non-hydrogen) atoms. The monoisotopic (exact) mass is 375 g/mol. The van der Waals surface area contributed by atoms with Crippen molar-refractivity contribution in [3.8, 4) is 17.2 Å². The summed E-state index contributed by atoms with van der Waals surface area (Å²) >= 11 is 0. The van der Waals surface area contributed by atoms with Gasteiger partial charge in [0.1, 0.15) is 23.2 Å². The van der Waals surface area contributed by atoms with Crippen LogP contribution in [0, 0.1) is 0 Å². The maximum Gasteiger partial charge on any atom is 0.285 e. The predicted octanol–water partition coefficient (Wildman–Crippen LogP) is 2.48. The van der Waals surface area contributed by atoms with E-state index in [-0.39, 0.29) is 5.56 Å². The summed E-state index contributed by atoms with van der Waals surface area (Å²) in [6, 6.07) is 14.8. The topological polar surface area (TPSA) is 83.5 Å². The lowest BCUT2D eigenvalue weighted by atomic mass is 10.2. The molecular formula is C20H17N5O3. The number of para-hydroxylation sites is 1. The second-order valence-corrected chi connectivity index (χ2v) is 5.88. The summed E-state index contributed by atoms with van der Waals surface area (Å²) in [7, 11) is 3.14. The van der Waals surface area contributed by atoms with E-state index in [0.29, 0.717) is 28.1 Å². The van der Waals surface area contributed by atoms with Crippen molar-refractivity contribution in [2.45, 2.75) is 0 Å². The van der Waals surface area contributed by atoms with E-state index in [1.54, 1.807) is 37.1 Å². The van der Waals surface area contributed by atoms with E-state index >= 15 is 0 Å². The summed E-state index contributed by atoms with van der Waals surface area (Å²) < 4.78 is 13.3. The third-order valence-corrected chi connectivity index (χ3v) is 4.23. The van der Waals surface area contributed by atoms with E-state index in [1.165, 1.54) is 23.4 Å². The molecule has 0 aliphatic rings. The van der Waals surface area contributed by atoms with Crippen LogP contribution in [0.2, 0.25) is 0 Å². The number of hydrogen-bond acceptors (Lipinski definition) is 6. The zero-order chi connectivity index (χ0) is 19.5. The van der Waals surface area contributed by atoms with Crippen molar-refractivity contribution in [1.29, 1.82) is 0 Å². The first-order valence-corrected chi connectivity index (χ1v) is 8.48. The number of benzene rings is 2. The van der Waals surface area contributed by atoms with Gasteiger partial charge in [-0.3, -0.25) is 4.79 Å². The van der Waals surface area contributed by atoms with E-state index in [4.69, 9.17) is 9.47 Å². The molecule has 4 aromatic rings. The Morgan fingerprint density at radius 3 is 2.64 bits per heavy atom. The van der Waals surface area contributed by atoms with Gasteiger partial charge in [-0.15, -0.1) is 0 Å². The summed E-state index contributed by atoms with van der Waals surface area (Å²) in [4.78, 5) is 17.1. The summed E-state index contributed by atoms with van der Waals surface area (Å²) in [6.07, 6.45) is 4.41. The molecule has 0 atom stereocenters. The lowest BCUT2D eigenvalue weighted by Crippen LogP contribution is -2.17. The Bertz CT molecular complexity index is 1210. The molecule has 0 unspecified atom stereocenters. The van der Waals surface area contributed by atoms with E-state index in [9.17, 15) is 4.79 Å². The van der Waals surface area contributed by atoms with Crippen LogP contribution in [-0.2, 0) is 0 Å². The van der Waals surface area contributed by atoms with Gasteiger partial charge in [-0.25, -0.2) is 9.67 Å². The molecule has 2 aromatic heterocycles. The number of ether oxygens (including phenoxy) is 2. The van der Waals surface area contributed by atoms with E-state index in [0.717, 1.165) is 5.69 Å². The first-order chi connectivity index (χ1) is 13.7. The molecule has 2 aromatic carbocycles. The van der Waals surface area contributed by atoms with Crippen molar-refractivity contribution in [3.63, 3.8) is 0 Å². The molecule has 0 saturated heterocycles. The first-order valence-electron chi connectivity index (χ1n) is 8.48. The summed E-state index contributed by atoms with van der Waals surface area (Å²) in [5.41, 5.74) is 1.70. The van der Waals surface area contributed by atoms with Crippen LogP contribution >= 0.6 is 0 Å². The minimum Gasteiger partial charge on any atom is -0.497 e. The number of nitrogens with zero attached hydrogens (tertiary/aromatic N) is 5. The van der Waals surface area contributed by atoms with Crippen LogP contribution < -0.4 is 15.0 Å². The summed E-state index contributed by atoms with van der Waals surface area (Å²) in [6.45, 7) is 0. The van der Waals surface area contributed by atoms with Crippen LogP contribution in [0.4, 0.5) is 0 Å². The summed E-state index contributed by atoms with van der Waals surface area (Å²) in [5, 5.41) is 8.90. The molecule has 140 valence electrons. The molecule has 0 saturated carbocycles. The molecule has 0 N–H and O–H groups in total. The lowest BCUT2D eigenvalue weighted by Gasteiger charge is -2.07. The fourth-order valence-corrected chi connectivity index (χ4v) is 2.79. The maximum absolute atomic E-state index is 12.8. The number of fused-ring (bicyclic) bond motifs is 1. The number of hydrogen-bond donors (Lipinski definition) is 0. The van der Waals surface area contributed by atoms with Crippen LogP contribution in [0.5, 0.6) is 11.5 Å². The van der Waals surface area contributed by atoms with Crippen molar-refractivity contribution in [1.82, 2.24) is 19.4 Å². The van der Waals surface area contributed by atoms with Crippen molar-refractivity contribution >= 4 is 17.2 Å². The molecule has 8 nitrogen and oxygen atoms in total. The highest BCUT2D eigenvalue weighted by Crippen LogP contribution is 2.23. The zero-order valence-electron chi connectivity index (χ0n) is 15.3. The Kier molecular flexibility index (Phi) is 4.59. The number of aromatic nitrogens is 4. The smallest absolute Gasteiger partial charge is 0.285 e. The Morgan fingerprint density at radius 2 is 1.89 bits per heavy atom. The number of rotatable bonds is 5. The van der Waals surface area contributed by atoms with Gasteiger partial charge in [0, 0.05) is 11.6 Å². The van der Waals surface area contributed by atoms with E-state index in [1.807, 2.05) is 30.3 Å². The average molecular weight is 375 g/mol. The zero-order valence-corrected chi connectivity index (χ0v) is 15.3. The molecule has 8 heteroatoms. The van der Waals surface area contributed by atoms with Crippen LogP contribution in [0.15, 0.2) is 71.0 Å². The maximum atomic E-state index is 12.8. The molecule has 4 rings (SSSR count). The van der Waals surface area contributed by atoms with Crippen LogP contribution in [-0.4, -0.2) is 39.9 Å². The normalized spacial score (nSPS) is 11.2. The molecule has 0 bridgehead atoms. The second kappa shape index (κ2) is 7.36. The Balaban J connectivity index is 1.72. The van der Waals surface area contributed by atoms with Crippen molar-refractivity contribution in [3.05, 3.63) is 77.0 Å². The van der Waals surface area contributed by atoms with Gasteiger partial charge in [-0.2, -0.15) is 14.9 Å². The Hall–Kier alpha value is -3.94. The largest absolute Gasteiger partial charge is 0.497 e. The Labute approximate surface area is 160 Å². The van der Waals surface area contributed by atoms with Gasteiger partial charge in [0.25, 0.3) is 5.56 Å². The highest BCUT2D eigenvalue weighted by molar-refractivity contribution is 5.84. The van der Waals surface area contributed by atoms with E-state index < -0.39 is 0 Å². The van der Waals surface area contributed by atoms with Gasteiger partial charge in [0.2, 0.25) is 0 Å². The fraction of sp³-hybridized carbons (Fsp3) is 0.100. The highest BCUT2D eigenvalue weighted by atomic mass is 16.5. The second-order valence-electron chi connectivity index (χ2n) is 5.88. The van der Waals surface area contributed by atoms with Gasteiger partial charge in [-0.05, 0) is 24.3 Å². The minimum absolute atomic E-state index is 0.309. The van der Waals surface area contributed by atoms with Gasteiger partial charge in [0.05, 0.1) is 32.3 Å². The predicted molar refractivity (Wildman–Crippen MR) is 106 cm³/mol. The molecule has 0 spiro atoms. The molecule has 2 heterocycles. The molecule has 0 aliphatic carbocycles. The first kappa shape index (κ1) is 17.5. The molecular weight excluding hydrogens is 358 g/mol. The van der Waals surface area contributed by atoms with Gasteiger partial charge < -0.3 is 9.47 Å². The fourth-order valence-electron chi connectivity index (χ4n) is 2.79. The van der Waals surface area contributed by atoms with Crippen LogP contribution in [0.25, 0.3) is 16.7 Å². The van der Waals surface area contributed by atoms with Gasteiger partial charge in [0.15, 0.2) is 5.65 Å². The quantitative estimate of drug-likeness (QED) is 0.501.